The van der Waals surface area contributed by atoms with E-state index in [-0.39, 0.29) is 5.70 Å². The molecular formula is C7H7NO3S. The maximum absolute atomic E-state index is 10.7. The summed E-state index contributed by atoms with van der Waals surface area (Å²) in [5, 5.41) is 10.6. The first-order valence-corrected chi connectivity index (χ1v) is 3.67. The minimum Gasteiger partial charge on any atom is -0.479 e. The van der Waals surface area contributed by atoms with Crippen molar-refractivity contribution in [2.24, 2.45) is 0 Å². The fourth-order valence-corrected chi connectivity index (χ4v) is 0.943. The van der Waals surface area contributed by atoms with E-state index < -0.39 is 17.1 Å². The molecule has 0 aliphatic carbocycles. The van der Waals surface area contributed by atoms with Crippen LogP contribution in [0.15, 0.2) is 23.9 Å². The Bertz CT molecular complexity index is 282. The average Bonchev–Trinajstić information content (AvgIpc) is 2.04. The number of carboxylic acid groups (broad SMARTS) is 1. The van der Waals surface area contributed by atoms with Gasteiger partial charge in [-0.05, 0) is 6.08 Å². The van der Waals surface area contributed by atoms with E-state index in [1.807, 2.05) is 0 Å². The van der Waals surface area contributed by atoms with E-state index in [2.05, 4.69) is 17.9 Å². The zero-order valence-corrected chi connectivity index (χ0v) is 6.91. The molecule has 0 aromatic rings. The Balaban J connectivity index is 2.74. The maximum Gasteiger partial charge on any atom is 0.330 e. The molecule has 0 fully saturated rings. The lowest BCUT2D eigenvalue weighted by atomic mass is 10.2. The lowest BCUT2D eigenvalue weighted by Crippen LogP contribution is -2.37. The summed E-state index contributed by atoms with van der Waals surface area (Å²) in [5.41, 5.74) is 0.202. The molecule has 1 unspecified atom stereocenters. The third-order valence-corrected chi connectivity index (χ3v) is 1.61. The highest BCUT2D eigenvalue weighted by molar-refractivity contribution is 7.97. The molecule has 0 saturated carbocycles. The normalized spacial score (nSPS) is 21.1. The van der Waals surface area contributed by atoms with Gasteiger partial charge in [0, 0.05) is 0 Å². The van der Waals surface area contributed by atoms with Gasteiger partial charge in [0.1, 0.15) is 6.04 Å². The van der Waals surface area contributed by atoms with Crippen LogP contribution in [0.3, 0.4) is 0 Å². The van der Waals surface area contributed by atoms with Crippen LogP contribution in [0.4, 0.5) is 0 Å². The number of hydrogen-bond donors (Lipinski definition) is 3. The molecule has 0 aromatic carbocycles. The fourth-order valence-electron chi connectivity index (χ4n) is 0.804. The van der Waals surface area contributed by atoms with Crippen molar-refractivity contribution in [2.45, 2.75) is 6.04 Å². The minimum absolute atomic E-state index is 0.202. The Morgan fingerprint density at radius 2 is 2.25 bits per heavy atom. The summed E-state index contributed by atoms with van der Waals surface area (Å²) >= 11 is 3.55. The summed E-state index contributed by atoms with van der Waals surface area (Å²) in [7, 11) is 0. The van der Waals surface area contributed by atoms with Crippen LogP contribution < -0.4 is 5.32 Å². The monoisotopic (exact) mass is 185 g/mol. The Labute approximate surface area is 74.4 Å². The average molecular weight is 185 g/mol. The van der Waals surface area contributed by atoms with Crippen molar-refractivity contribution < 1.29 is 14.7 Å². The number of rotatable bonds is 2. The number of nitrogens with one attached hydrogen (secondary N) is 1. The smallest absolute Gasteiger partial charge is 0.330 e. The van der Waals surface area contributed by atoms with E-state index >= 15 is 0 Å². The van der Waals surface area contributed by atoms with Gasteiger partial charge in [-0.2, -0.15) is 0 Å². The van der Waals surface area contributed by atoms with E-state index in [9.17, 15) is 9.59 Å². The van der Waals surface area contributed by atoms with Gasteiger partial charge in [-0.1, -0.05) is 24.8 Å². The maximum atomic E-state index is 10.7. The third kappa shape index (κ3) is 1.88. The Morgan fingerprint density at radius 1 is 1.58 bits per heavy atom. The van der Waals surface area contributed by atoms with Crippen molar-refractivity contribution in [2.75, 3.05) is 0 Å². The number of carbonyl (C=O) groups is 2. The van der Waals surface area contributed by atoms with Crippen LogP contribution in [0.1, 0.15) is 0 Å². The Hall–Kier alpha value is -1.23. The molecule has 1 aliphatic rings. The van der Waals surface area contributed by atoms with Crippen LogP contribution in [-0.2, 0) is 9.59 Å². The second-order valence-corrected chi connectivity index (χ2v) is 2.64. The number of carbonyl (C=O) groups excluding carboxylic acids is 1. The Morgan fingerprint density at radius 3 is 2.75 bits per heavy atom. The van der Waals surface area contributed by atoms with E-state index in [1.165, 1.54) is 18.2 Å². The molecule has 0 spiro atoms. The predicted molar refractivity (Wildman–Crippen MR) is 45.8 cm³/mol. The molecule has 0 bridgehead atoms. The van der Waals surface area contributed by atoms with Crippen LogP contribution in [0.25, 0.3) is 0 Å². The Kier molecular flexibility index (Phi) is 2.54. The third-order valence-electron chi connectivity index (χ3n) is 1.37. The number of aliphatic carboxylic acids is 1. The summed E-state index contributed by atoms with van der Waals surface area (Å²) in [6.45, 7) is 0. The quantitative estimate of drug-likeness (QED) is 0.527. The standard InChI is InChI=1S/C7H7NO3S/c9-6(10)4-2-1-3-5(8-4)7(11)12/h1-4,8H,(H,9,10)(H,11,12). The molecule has 1 rings (SSSR count). The zero-order chi connectivity index (χ0) is 9.14. The molecule has 12 heavy (non-hydrogen) atoms. The number of thiol groups is 1. The topological polar surface area (TPSA) is 66.4 Å². The van der Waals surface area contributed by atoms with Gasteiger partial charge < -0.3 is 10.4 Å². The molecule has 64 valence electrons. The van der Waals surface area contributed by atoms with Crippen molar-refractivity contribution >= 4 is 23.7 Å². The number of dihydropyridines is 1. The first kappa shape index (κ1) is 8.86. The van der Waals surface area contributed by atoms with Gasteiger partial charge in [-0.3, -0.25) is 4.79 Å². The van der Waals surface area contributed by atoms with Crippen LogP contribution in [0.2, 0.25) is 0 Å². The van der Waals surface area contributed by atoms with Crippen LogP contribution in [-0.4, -0.2) is 22.2 Å². The van der Waals surface area contributed by atoms with Gasteiger partial charge in [0.25, 0.3) is 0 Å². The first-order chi connectivity index (χ1) is 5.61. The van der Waals surface area contributed by atoms with E-state index in [0.29, 0.717) is 0 Å². The zero-order valence-electron chi connectivity index (χ0n) is 6.02. The summed E-state index contributed by atoms with van der Waals surface area (Å²) < 4.78 is 0. The number of hydrogen-bond acceptors (Lipinski definition) is 3. The van der Waals surface area contributed by atoms with Gasteiger partial charge in [-0.25, -0.2) is 4.79 Å². The van der Waals surface area contributed by atoms with Gasteiger partial charge in [0.15, 0.2) is 0 Å². The highest BCUT2D eigenvalue weighted by Gasteiger charge is 2.18. The molecule has 2 N–H and O–H groups in total. The summed E-state index contributed by atoms with van der Waals surface area (Å²) in [5.74, 6) is -1.02. The first-order valence-electron chi connectivity index (χ1n) is 3.22. The molecule has 0 saturated heterocycles. The minimum atomic E-state index is -1.02. The van der Waals surface area contributed by atoms with E-state index in [4.69, 9.17) is 5.11 Å². The van der Waals surface area contributed by atoms with Crippen molar-refractivity contribution in [3.63, 3.8) is 0 Å². The molecule has 0 aromatic heterocycles. The molecule has 4 nitrogen and oxygen atoms in total. The molecular weight excluding hydrogens is 178 g/mol. The van der Waals surface area contributed by atoms with Gasteiger partial charge in [0.05, 0.1) is 5.70 Å². The second-order valence-electron chi connectivity index (χ2n) is 2.23. The van der Waals surface area contributed by atoms with Gasteiger partial charge >= 0.3 is 5.97 Å². The SMILES string of the molecule is O=C(S)C1=CC=CC(C(=O)O)N1. The number of allylic oxidation sites excluding steroid dienone is 2. The predicted octanol–water partition coefficient (Wildman–Crippen LogP) is -0.0607. The number of carboxylic acids is 1. The van der Waals surface area contributed by atoms with Crippen LogP contribution in [0.5, 0.6) is 0 Å². The van der Waals surface area contributed by atoms with Crippen molar-refractivity contribution in [1.29, 1.82) is 0 Å². The molecule has 5 heteroatoms. The highest BCUT2D eigenvalue weighted by Crippen LogP contribution is 2.05. The van der Waals surface area contributed by atoms with Crippen molar-refractivity contribution in [3.05, 3.63) is 23.9 Å². The molecule has 0 amide bonds. The van der Waals surface area contributed by atoms with Gasteiger partial charge in [0.2, 0.25) is 5.12 Å². The highest BCUT2D eigenvalue weighted by atomic mass is 32.1. The molecule has 1 atom stereocenters. The lowest BCUT2D eigenvalue weighted by molar-refractivity contribution is -0.138. The van der Waals surface area contributed by atoms with Crippen LogP contribution in [0, 0.1) is 0 Å². The summed E-state index contributed by atoms with van der Waals surface area (Å²) in [6.07, 6.45) is 4.44. The molecule has 1 heterocycles. The van der Waals surface area contributed by atoms with Crippen molar-refractivity contribution in [1.82, 2.24) is 5.32 Å². The summed E-state index contributed by atoms with van der Waals surface area (Å²) in [6, 6.07) is -0.832. The largest absolute Gasteiger partial charge is 0.479 e. The van der Waals surface area contributed by atoms with E-state index in [0.717, 1.165) is 0 Å². The summed E-state index contributed by atoms with van der Waals surface area (Å²) in [4.78, 5) is 21.1. The second kappa shape index (κ2) is 3.44. The molecule has 0 radical (unpaired) electrons. The lowest BCUT2D eigenvalue weighted by Gasteiger charge is -2.15. The van der Waals surface area contributed by atoms with Gasteiger partial charge in [-0.15, -0.1) is 0 Å². The van der Waals surface area contributed by atoms with Crippen LogP contribution >= 0.6 is 12.6 Å². The molecule has 1 aliphatic heterocycles. The fraction of sp³-hybridized carbons (Fsp3) is 0.143. The van der Waals surface area contributed by atoms with Crippen molar-refractivity contribution in [3.8, 4) is 0 Å². The van der Waals surface area contributed by atoms with E-state index in [1.54, 1.807) is 0 Å².